The number of methoxy groups -OCH3 is 1. The molecule has 0 aliphatic heterocycles. The first-order valence-electron chi connectivity index (χ1n) is 4.89. The molecule has 0 aromatic carbocycles. The van der Waals surface area contributed by atoms with Crippen molar-refractivity contribution in [2.75, 3.05) is 31.4 Å². The summed E-state index contributed by atoms with van der Waals surface area (Å²) in [6, 6.07) is 1.27. The third kappa shape index (κ3) is 3.08. The molecule has 16 heavy (non-hydrogen) atoms. The molecule has 0 saturated carbocycles. The maximum absolute atomic E-state index is 11.2. The predicted molar refractivity (Wildman–Crippen MR) is 61.5 cm³/mol. The molecule has 1 atom stereocenters. The van der Waals surface area contributed by atoms with Gasteiger partial charge in [-0.2, -0.15) is 4.98 Å². The number of nitrogens with one attached hydrogen (secondary N) is 1. The van der Waals surface area contributed by atoms with Crippen LogP contribution in [0.3, 0.4) is 0 Å². The molecule has 0 radical (unpaired) electrons. The lowest BCUT2D eigenvalue weighted by atomic mass is 10.3. The third-order valence-corrected chi connectivity index (χ3v) is 1.96. The molecule has 1 aromatic rings. The van der Waals surface area contributed by atoms with E-state index in [-0.39, 0.29) is 5.97 Å². The van der Waals surface area contributed by atoms with Crippen LogP contribution in [0.5, 0.6) is 0 Å². The van der Waals surface area contributed by atoms with Crippen LogP contribution in [0.15, 0.2) is 12.3 Å². The average molecular weight is 224 g/mol. The Labute approximate surface area is 94.6 Å². The van der Waals surface area contributed by atoms with Gasteiger partial charge in [0.05, 0.1) is 7.11 Å². The van der Waals surface area contributed by atoms with E-state index in [1.165, 1.54) is 7.11 Å². The van der Waals surface area contributed by atoms with Gasteiger partial charge in [0.15, 0.2) is 0 Å². The lowest BCUT2D eigenvalue weighted by Crippen LogP contribution is -2.28. The minimum atomic E-state index is -0.435. The van der Waals surface area contributed by atoms with Crippen molar-refractivity contribution >= 4 is 17.7 Å². The van der Waals surface area contributed by atoms with Crippen LogP contribution in [0.4, 0.5) is 11.8 Å². The van der Waals surface area contributed by atoms with Crippen LogP contribution in [0, 0.1) is 0 Å². The number of esters is 1. The molecule has 0 amide bonds. The van der Waals surface area contributed by atoms with Crippen molar-refractivity contribution in [3.8, 4) is 0 Å². The van der Waals surface area contributed by atoms with Crippen molar-refractivity contribution in [2.45, 2.75) is 13.0 Å². The van der Waals surface area contributed by atoms with E-state index in [4.69, 9.17) is 0 Å². The molecule has 6 heteroatoms. The molecule has 1 unspecified atom stereocenters. The predicted octanol–water partition coefficient (Wildman–Crippen LogP) is 0.516. The Bertz CT molecular complexity index is 368. The number of aromatic nitrogens is 2. The van der Waals surface area contributed by atoms with Gasteiger partial charge in [0, 0.05) is 20.3 Å². The number of anilines is 2. The normalized spacial score (nSPS) is 11.8. The van der Waals surface area contributed by atoms with E-state index in [1.54, 1.807) is 24.1 Å². The van der Waals surface area contributed by atoms with Gasteiger partial charge in [-0.05, 0) is 13.0 Å². The summed E-state index contributed by atoms with van der Waals surface area (Å²) in [7, 11) is 5.05. The summed E-state index contributed by atoms with van der Waals surface area (Å²) >= 11 is 0. The summed E-state index contributed by atoms with van der Waals surface area (Å²) in [5.74, 6) is 0.851. The maximum Gasteiger partial charge on any atom is 0.328 e. The molecule has 1 aromatic heterocycles. The molecule has 1 rings (SSSR count). The Morgan fingerprint density at radius 3 is 2.81 bits per heavy atom. The van der Waals surface area contributed by atoms with Crippen molar-refractivity contribution < 1.29 is 9.53 Å². The highest BCUT2D eigenvalue weighted by Crippen LogP contribution is 2.09. The molecule has 0 saturated heterocycles. The summed E-state index contributed by atoms with van der Waals surface area (Å²) in [4.78, 5) is 21.3. The van der Waals surface area contributed by atoms with Gasteiger partial charge in [-0.25, -0.2) is 9.78 Å². The molecular formula is C10H16N4O2. The van der Waals surface area contributed by atoms with Crippen LogP contribution in [-0.2, 0) is 9.53 Å². The number of carbonyl (C=O) groups excluding carboxylic acids is 1. The molecule has 0 fully saturated rings. The highest BCUT2D eigenvalue weighted by molar-refractivity contribution is 5.78. The van der Waals surface area contributed by atoms with Crippen molar-refractivity contribution in [2.24, 2.45) is 0 Å². The maximum atomic E-state index is 11.2. The molecule has 88 valence electrons. The lowest BCUT2D eigenvalue weighted by Gasteiger charge is -2.14. The molecule has 1 heterocycles. The molecule has 0 spiro atoms. The van der Waals surface area contributed by atoms with Gasteiger partial charge < -0.3 is 15.0 Å². The summed E-state index contributed by atoms with van der Waals surface area (Å²) in [5, 5.41) is 2.94. The minimum absolute atomic E-state index is 0.329. The minimum Gasteiger partial charge on any atom is -0.467 e. The quantitative estimate of drug-likeness (QED) is 0.752. The van der Waals surface area contributed by atoms with E-state index in [2.05, 4.69) is 20.0 Å². The zero-order chi connectivity index (χ0) is 12.1. The van der Waals surface area contributed by atoms with Crippen LogP contribution in [0.25, 0.3) is 0 Å². The van der Waals surface area contributed by atoms with Crippen LogP contribution in [0.1, 0.15) is 6.92 Å². The van der Waals surface area contributed by atoms with Crippen molar-refractivity contribution in [1.29, 1.82) is 0 Å². The van der Waals surface area contributed by atoms with E-state index >= 15 is 0 Å². The van der Waals surface area contributed by atoms with E-state index in [9.17, 15) is 4.79 Å². The van der Waals surface area contributed by atoms with Crippen molar-refractivity contribution in [3.63, 3.8) is 0 Å². The Kier molecular flexibility index (Phi) is 4.04. The Morgan fingerprint density at radius 2 is 2.25 bits per heavy atom. The standard InChI is InChI=1S/C10H16N4O2/c1-7(9(15)16-4)12-8-5-6-11-10(13-8)14(2)3/h5-7H,1-4H3,(H,11,12,13). The second-order valence-electron chi connectivity index (χ2n) is 3.53. The number of ether oxygens (including phenoxy) is 1. The highest BCUT2D eigenvalue weighted by atomic mass is 16.5. The van der Waals surface area contributed by atoms with Crippen molar-refractivity contribution in [3.05, 3.63) is 12.3 Å². The van der Waals surface area contributed by atoms with Crippen LogP contribution >= 0.6 is 0 Å². The number of nitrogens with zero attached hydrogens (tertiary/aromatic N) is 3. The van der Waals surface area contributed by atoms with Crippen molar-refractivity contribution in [1.82, 2.24) is 9.97 Å². The van der Waals surface area contributed by atoms with Gasteiger partial charge >= 0.3 is 5.97 Å². The molecule has 0 aliphatic carbocycles. The van der Waals surface area contributed by atoms with E-state index < -0.39 is 6.04 Å². The van der Waals surface area contributed by atoms with Gasteiger partial charge in [0.1, 0.15) is 11.9 Å². The van der Waals surface area contributed by atoms with Crippen LogP contribution in [0.2, 0.25) is 0 Å². The lowest BCUT2D eigenvalue weighted by molar-refractivity contribution is -0.141. The Balaban J connectivity index is 2.74. The second-order valence-corrected chi connectivity index (χ2v) is 3.53. The van der Waals surface area contributed by atoms with Crippen LogP contribution < -0.4 is 10.2 Å². The first-order chi connectivity index (χ1) is 7.54. The fourth-order valence-electron chi connectivity index (χ4n) is 1.10. The van der Waals surface area contributed by atoms with E-state index in [1.807, 2.05) is 14.1 Å². The van der Waals surface area contributed by atoms with Gasteiger partial charge in [0.2, 0.25) is 5.95 Å². The van der Waals surface area contributed by atoms with E-state index in [0.29, 0.717) is 11.8 Å². The Morgan fingerprint density at radius 1 is 1.56 bits per heavy atom. The smallest absolute Gasteiger partial charge is 0.328 e. The molecule has 0 bridgehead atoms. The third-order valence-electron chi connectivity index (χ3n) is 1.96. The molecule has 0 aliphatic rings. The number of hydrogen-bond donors (Lipinski definition) is 1. The largest absolute Gasteiger partial charge is 0.467 e. The fraction of sp³-hybridized carbons (Fsp3) is 0.500. The average Bonchev–Trinajstić information content (AvgIpc) is 2.28. The molecular weight excluding hydrogens is 208 g/mol. The van der Waals surface area contributed by atoms with Gasteiger partial charge in [0.25, 0.3) is 0 Å². The number of carbonyl (C=O) groups is 1. The summed E-state index contributed by atoms with van der Waals surface area (Å²) in [6.07, 6.45) is 1.63. The number of hydrogen-bond acceptors (Lipinski definition) is 6. The van der Waals surface area contributed by atoms with Crippen LogP contribution in [-0.4, -0.2) is 43.2 Å². The van der Waals surface area contributed by atoms with Gasteiger partial charge in [-0.3, -0.25) is 0 Å². The summed E-state index contributed by atoms with van der Waals surface area (Å²) in [6.45, 7) is 1.71. The van der Waals surface area contributed by atoms with Gasteiger partial charge in [-0.1, -0.05) is 0 Å². The first-order valence-corrected chi connectivity index (χ1v) is 4.89. The first kappa shape index (κ1) is 12.2. The zero-order valence-corrected chi connectivity index (χ0v) is 9.89. The van der Waals surface area contributed by atoms with E-state index in [0.717, 1.165) is 0 Å². The fourth-order valence-corrected chi connectivity index (χ4v) is 1.10. The van der Waals surface area contributed by atoms with Gasteiger partial charge in [-0.15, -0.1) is 0 Å². The SMILES string of the molecule is COC(=O)C(C)Nc1ccnc(N(C)C)n1. The number of rotatable bonds is 4. The summed E-state index contributed by atoms with van der Waals surface area (Å²) < 4.78 is 4.61. The molecule has 6 nitrogen and oxygen atoms in total. The highest BCUT2D eigenvalue weighted by Gasteiger charge is 2.13. The zero-order valence-electron chi connectivity index (χ0n) is 9.89. The second kappa shape index (κ2) is 5.29. The monoisotopic (exact) mass is 224 g/mol. The Hall–Kier alpha value is -1.85. The summed E-state index contributed by atoms with van der Waals surface area (Å²) in [5.41, 5.74) is 0. The topological polar surface area (TPSA) is 67.3 Å². The molecule has 1 N–H and O–H groups in total.